The average Bonchev–Trinajstić information content (AvgIpc) is 2.64. The Labute approximate surface area is 151 Å². The van der Waals surface area contributed by atoms with Gasteiger partial charge in [0.2, 0.25) is 0 Å². The van der Waals surface area contributed by atoms with Gasteiger partial charge in [0.1, 0.15) is 0 Å². The molecule has 2 aromatic rings. The van der Waals surface area contributed by atoms with Crippen LogP contribution in [-0.4, -0.2) is 11.9 Å². The fourth-order valence-electron chi connectivity index (χ4n) is 3.39. The molecule has 25 heavy (non-hydrogen) atoms. The zero-order chi connectivity index (χ0) is 17.8. The van der Waals surface area contributed by atoms with Crippen molar-refractivity contribution in [2.24, 2.45) is 5.73 Å². The van der Waals surface area contributed by atoms with Crippen LogP contribution in [0, 0.1) is 0 Å². The molecular formula is C20H20ClNO3. The van der Waals surface area contributed by atoms with Crippen molar-refractivity contribution in [3.05, 3.63) is 64.2 Å². The highest BCUT2D eigenvalue weighted by molar-refractivity contribution is 6.35. The molecule has 1 amide bonds. The smallest absolute Gasteiger partial charge is 0.343 e. The van der Waals surface area contributed by atoms with Crippen molar-refractivity contribution in [2.75, 3.05) is 0 Å². The molecular weight excluding hydrogens is 338 g/mol. The normalized spacial score (nSPS) is 14.9. The number of halogens is 1. The zero-order valence-electron chi connectivity index (χ0n) is 13.8. The summed E-state index contributed by atoms with van der Waals surface area (Å²) in [4.78, 5) is 24.2. The molecule has 1 fully saturated rings. The van der Waals surface area contributed by atoms with E-state index < -0.39 is 11.9 Å². The first-order valence-electron chi connectivity index (χ1n) is 8.47. The number of rotatable bonds is 4. The van der Waals surface area contributed by atoms with Crippen LogP contribution in [-0.2, 0) is 0 Å². The van der Waals surface area contributed by atoms with Crippen LogP contribution in [0.15, 0.2) is 42.5 Å². The largest absolute Gasteiger partial charge is 0.421 e. The molecule has 0 unspecified atom stereocenters. The number of ether oxygens (including phenoxy) is 1. The van der Waals surface area contributed by atoms with Crippen LogP contribution >= 0.6 is 11.6 Å². The molecule has 3 rings (SSSR count). The number of carbonyl (C=O) groups excluding carboxylic acids is 2. The first-order valence-corrected chi connectivity index (χ1v) is 8.85. The Kier molecular flexibility index (Phi) is 5.39. The number of nitrogens with two attached hydrogens (primary N) is 1. The van der Waals surface area contributed by atoms with Gasteiger partial charge in [-0.25, -0.2) is 4.79 Å². The van der Waals surface area contributed by atoms with Crippen molar-refractivity contribution in [2.45, 2.75) is 38.0 Å². The molecule has 0 aromatic heterocycles. The summed E-state index contributed by atoms with van der Waals surface area (Å²) >= 11 is 6.38. The second kappa shape index (κ2) is 7.70. The maximum atomic E-state index is 12.2. The zero-order valence-corrected chi connectivity index (χ0v) is 14.6. The van der Waals surface area contributed by atoms with Gasteiger partial charge in [-0.05, 0) is 42.5 Å². The quantitative estimate of drug-likeness (QED) is 0.636. The van der Waals surface area contributed by atoms with Crippen LogP contribution in [0.5, 0.6) is 5.75 Å². The molecule has 1 aliphatic carbocycles. The summed E-state index contributed by atoms with van der Waals surface area (Å²) in [5.41, 5.74) is 7.11. The van der Waals surface area contributed by atoms with Gasteiger partial charge in [-0.15, -0.1) is 0 Å². The highest BCUT2D eigenvalue weighted by Gasteiger charge is 2.25. The van der Waals surface area contributed by atoms with E-state index in [2.05, 4.69) is 0 Å². The molecule has 0 saturated heterocycles. The van der Waals surface area contributed by atoms with E-state index in [-0.39, 0.29) is 22.3 Å². The van der Waals surface area contributed by atoms with E-state index in [1.807, 2.05) is 12.1 Å². The summed E-state index contributed by atoms with van der Waals surface area (Å²) in [6.45, 7) is 0. The van der Waals surface area contributed by atoms with Crippen LogP contribution < -0.4 is 10.5 Å². The Morgan fingerprint density at radius 1 is 1.00 bits per heavy atom. The SMILES string of the molecule is NC(=O)c1c(C2CCCCC2)ccc(OC(=O)c2ccccc2)c1Cl. The maximum Gasteiger partial charge on any atom is 0.343 e. The van der Waals surface area contributed by atoms with Crippen molar-refractivity contribution in [1.29, 1.82) is 0 Å². The Morgan fingerprint density at radius 3 is 2.32 bits per heavy atom. The highest BCUT2D eigenvalue weighted by Crippen LogP contribution is 2.39. The van der Waals surface area contributed by atoms with E-state index in [0.29, 0.717) is 5.56 Å². The van der Waals surface area contributed by atoms with Crippen LogP contribution in [0.1, 0.15) is 64.3 Å². The minimum atomic E-state index is -0.594. The molecule has 1 saturated carbocycles. The van der Waals surface area contributed by atoms with Crippen molar-refractivity contribution >= 4 is 23.5 Å². The van der Waals surface area contributed by atoms with Crippen LogP contribution in [0.4, 0.5) is 0 Å². The molecule has 0 radical (unpaired) electrons. The second-order valence-electron chi connectivity index (χ2n) is 6.30. The molecule has 0 aliphatic heterocycles. The first-order chi connectivity index (χ1) is 12.1. The Morgan fingerprint density at radius 2 is 1.68 bits per heavy atom. The van der Waals surface area contributed by atoms with Crippen LogP contribution in [0.25, 0.3) is 0 Å². The topological polar surface area (TPSA) is 69.4 Å². The van der Waals surface area contributed by atoms with Gasteiger partial charge in [0, 0.05) is 0 Å². The lowest BCUT2D eigenvalue weighted by molar-refractivity contribution is 0.0733. The highest BCUT2D eigenvalue weighted by atomic mass is 35.5. The molecule has 1 aliphatic rings. The fourth-order valence-corrected chi connectivity index (χ4v) is 3.69. The van der Waals surface area contributed by atoms with Gasteiger partial charge >= 0.3 is 5.97 Å². The lowest BCUT2D eigenvalue weighted by Gasteiger charge is -2.24. The number of primary amides is 1. The predicted molar refractivity (Wildman–Crippen MR) is 97.2 cm³/mol. The number of carbonyl (C=O) groups is 2. The molecule has 0 spiro atoms. The summed E-state index contributed by atoms with van der Waals surface area (Å²) in [7, 11) is 0. The predicted octanol–water partition coefficient (Wildman–Crippen LogP) is 4.71. The van der Waals surface area contributed by atoms with Crippen LogP contribution in [0.2, 0.25) is 5.02 Å². The number of hydrogen-bond donors (Lipinski definition) is 1. The lowest BCUT2D eigenvalue weighted by atomic mass is 9.82. The van der Waals surface area contributed by atoms with E-state index in [4.69, 9.17) is 22.1 Å². The summed E-state index contributed by atoms with van der Waals surface area (Å²) in [5.74, 6) is -0.692. The summed E-state index contributed by atoms with van der Waals surface area (Å²) in [6, 6.07) is 12.1. The minimum absolute atomic E-state index is 0.111. The van der Waals surface area contributed by atoms with Crippen molar-refractivity contribution in [3.8, 4) is 5.75 Å². The third-order valence-electron chi connectivity index (χ3n) is 4.64. The van der Waals surface area contributed by atoms with Gasteiger partial charge in [0.15, 0.2) is 5.75 Å². The van der Waals surface area contributed by atoms with Crippen molar-refractivity contribution in [3.63, 3.8) is 0 Å². The molecule has 130 valence electrons. The molecule has 0 bridgehead atoms. The number of benzene rings is 2. The molecule has 0 heterocycles. The van der Waals surface area contributed by atoms with E-state index in [1.54, 1.807) is 30.3 Å². The van der Waals surface area contributed by atoms with Gasteiger partial charge in [-0.3, -0.25) is 4.79 Å². The van der Waals surface area contributed by atoms with E-state index in [1.165, 1.54) is 6.42 Å². The summed E-state index contributed by atoms with van der Waals surface area (Å²) in [5, 5.41) is 0.111. The number of hydrogen-bond acceptors (Lipinski definition) is 3. The van der Waals surface area contributed by atoms with Gasteiger partial charge in [0.05, 0.1) is 16.1 Å². The van der Waals surface area contributed by atoms with Gasteiger partial charge < -0.3 is 10.5 Å². The third kappa shape index (κ3) is 3.85. The number of esters is 1. The third-order valence-corrected chi connectivity index (χ3v) is 5.02. The van der Waals surface area contributed by atoms with E-state index in [9.17, 15) is 9.59 Å². The molecule has 5 heteroatoms. The Hall–Kier alpha value is -2.33. The summed E-state index contributed by atoms with van der Waals surface area (Å²) < 4.78 is 5.39. The fraction of sp³-hybridized carbons (Fsp3) is 0.300. The van der Waals surface area contributed by atoms with E-state index >= 15 is 0 Å². The van der Waals surface area contributed by atoms with Gasteiger partial charge in [-0.2, -0.15) is 0 Å². The van der Waals surface area contributed by atoms with E-state index in [0.717, 1.165) is 31.2 Å². The van der Waals surface area contributed by atoms with Gasteiger partial charge in [0.25, 0.3) is 5.91 Å². The molecule has 2 N–H and O–H groups in total. The van der Waals surface area contributed by atoms with Crippen molar-refractivity contribution in [1.82, 2.24) is 0 Å². The minimum Gasteiger partial charge on any atom is -0.421 e. The van der Waals surface area contributed by atoms with Gasteiger partial charge in [-0.1, -0.05) is 55.1 Å². The molecule has 4 nitrogen and oxygen atoms in total. The lowest BCUT2D eigenvalue weighted by Crippen LogP contribution is -2.18. The molecule has 0 atom stereocenters. The number of amides is 1. The second-order valence-corrected chi connectivity index (χ2v) is 6.67. The monoisotopic (exact) mass is 357 g/mol. The Bertz CT molecular complexity index is 783. The standard InChI is InChI=1S/C20H20ClNO3/c21-18-16(25-20(24)14-9-5-2-6-10-14)12-11-15(17(18)19(22)23)13-7-3-1-4-8-13/h2,5-6,9-13H,1,3-4,7-8H2,(H2,22,23). The molecule has 2 aromatic carbocycles. The Balaban J connectivity index is 1.92. The average molecular weight is 358 g/mol. The summed E-state index contributed by atoms with van der Waals surface area (Å²) in [6.07, 6.45) is 5.50. The van der Waals surface area contributed by atoms with Crippen molar-refractivity contribution < 1.29 is 14.3 Å². The van der Waals surface area contributed by atoms with Crippen LogP contribution in [0.3, 0.4) is 0 Å². The first kappa shape index (κ1) is 17.5. The maximum absolute atomic E-state index is 12.2.